The molecule has 16 nitrogen and oxygen atoms in total. The van der Waals surface area contributed by atoms with Crippen molar-refractivity contribution in [1.82, 2.24) is 24.2 Å². The minimum Gasteiger partial charge on any atom is -0.465 e. The number of carbonyl (C=O) groups is 6. The molecule has 316 valence electrons. The van der Waals surface area contributed by atoms with Crippen molar-refractivity contribution in [3.63, 3.8) is 0 Å². The zero-order chi connectivity index (χ0) is 43.9. The Kier molecular flexibility index (Phi) is 19.8. The lowest BCUT2D eigenvalue weighted by atomic mass is 9.90. The Labute approximate surface area is 353 Å². The molecule has 3 aromatic heterocycles. The van der Waals surface area contributed by atoms with E-state index in [-0.39, 0.29) is 40.9 Å². The molecule has 1 aliphatic rings. The Morgan fingerprint density at radius 3 is 2.05 bits per heavy atom. The predicted octanol–water partition coefficient (Wildman–Crippen LogP) is 4.35. The van der Waals surface area contributed by atoms with E-state index in [2.05, 4.69) is 38.4 Å². The third-order valence-corrected chi connectivity index (χ3v) is 10.7. The van der Waals surface area contributed by atoms with Gasteiger partial charge in [0.1, 0.15) is 21.3 Å². The molecule has 1 fully saturated rings. The van der Waals surface area contributed by atoms with Gasteiger partial charge in [-0.2, -0.15) is 0 Å². The normalized spacial score (nSPS) is 12.7. The van der Waals surface area contributed by atoms with Crippen LogP contribution >= 0.6 is 46.5 Å². The molecular formula is C37H48ClFN8O8S3. The fraction of sp³-hybridized carbons (Fsp3) is 0.432. The van der Waals surface area contributed by atoms with E-state index < -0.39 is 23.0 Å². The third kappa shape index (κ3) is 14.4. The van der Waals surface area contributed by atoms with Crippen LogP contribution in [-0.2, 0) is 30.3 Å². The van der Waals surface area contributed by atoms with Crippen molar-refractivity contribution in [2.24, 2.45) is 17.4 Å². The zero-order valence-corrected chi connectivity index (χ0v) is 36.4. The molecule has 0 saturated carbocycles. The molecular weight excluding hydrogens is 835 g/mol. The summed E-state index contributed by atoms with van der Waals surface area (Å²) >= 11 is 11.8. The average molecular weight is 883 g/mol. The molecule has 1 aliphatic heterocycles. The van der Waals surface area contributed by atoms with Crippen molar-refractivity contribution in [2.45, 2.75) is 59.3 Å². The summed E-state index contributed by atoms with van der Waals surface area (Å²) in [6, 6.07) is 6.60. The maximum Gasteiger partial charge on any atom is 0.350 e. The molecule has 1 unspecified atom stereocenters. The van der Waals surface area contributed by atoms with Crippen molar-refractivity contribution >= 4 is 97.0 Å². The largest absolute Gasteiger partial charge is 0.465 e. The number of nitrogens with two attached hydrogens (primary N) is 3. The Balaban J connectivity index is 0.000000364. The number of nitrogen functional groups attached to an aromatic ring is 1. The van der Waals surface area contributed by atoms with Gasteiger partial charge in [-0.15, -0.1) is 11.6 Å². The van der Waals surface area contributed by atoms with E-state index in [9.17, 15) is 33.2 Å². The molecule has 21 heteroatoms. The molecule has 0 radical (unpaired) electrons. The van der Waals surface area contributed by atoms with Crippen LogP contribution in [0.15, 0.2) is 30.5 Å². The average Bonchev–Trinajstić information content (AvgIpc) is 3.85. The highest BCUT2D eigenvalue weighted by molar-refractivity contribution is 7.80. The van der Waals surface area contributed by atoms with E-state index in [1.807, 2.05) is 17.0 Å². The van der Waals surface area contributed by atoms with Gasteiger partial charge in [-0.3, -0.25) is 23.6 Å². The lowest BCUT2D eigenvalue weighted by molar-refractivity contribution is -0.144. The van der Waals surface area contributed by atoms with E-state index >= 15 is 0 Å². The van der Waals surface area contributed by atoms with E-state index in [0.29, 0.717) is 56.8 Å². The zero-order valence-electron chi connectivity index (χ0n) is 33.2. The van der Waals surface area contributed by atoms with Crippen molar-refractivity contribution in [2.75, 3.05) is 46.1 Å². The number of ketones is 2. The Morgan fingerprint density at radius 1 is 1.00 bits per heavy atom. The van der Waals surface area contributed by atoms with Crippen molar-refractivity contribution < 1.29 is 42.6 Å². The standard InChI is InChI=1S/C23H25FN4O3S.C7H10N2O2S.C6H9ClO3.CH4N2S/c1-14-20(32-23-25-13-18(28(14)23)19(29)21(30)26(2)3)22(31)27-10-8-16(9-11-27)12-15-4-6-17(24)7-5-15;1-3-11-6(10)5-4(2)9-7(8)12-5;1-3-10-6(9)5(7)4(2)8;2-1(3)4/h4-7,13,16H,8-12H2,1-3H3;3H2,1-2H3,(H2,8,9);5H,3H2,1-2H3;(H4,2,3,4). The Morgan fingerprint density at radius 2 is 1.57 bits per heavy atom. The fourth-order valence-electron chi connectivity index (χ4n) is 5.29. The highest BCUT2D eigenvalue weighted by Gasteiger charge is 2.30. The van der Waals surface area contributed by atoms with Gasteiger partial charge in [0.2, 0.25) is 0 Å². The number of anilines is 1. The molecule has 1 aromatic carbocycles. The number of esters is 2. The number of aryl methyl sites for hydroxylation is 2. The first-order valence-electron chi connectivity index (χ1n) is 17.8. The van der Waals surface area contributed by atoms with Gasteiger partial charge >= 0.3 is 11.9 Å². The first kappa shape index (κ1) is 49.1. The summed E-state index contributed by atoms with van der Waals surface area (Å²) in [4.78, 5) is 82.8. The number of fused-ring (bicyclic) bond motifs is 1. The van der Waals surface area contributed by atoms with Crippen LogP contribution in [0, 0.1) is 25.6 Å². The number of nitrogens with zero attached hydrogens (tertiary/aromatic N) is 5. The monoisotopic (exact) mass is 882 g/mol. The number of Topliss-reactive ketones (excluding diaryl/α,β-unsaturated/α-hetero) is 2. The fourth-order valence-corrected chi connectivity index (χ4v) is 7.15. The number of likely N-dealkylation sites (tertiary alicyclic amines) is 1. The molecule has 4 aromatic rings. The molecule has 6 N–H and O–H groups in total. The molecule has 1 saturated heterocycles. The van der Waals surface area contributed by atoms with Gasteiger partial charge in [0, 0.05) is 32.9 Å². The molecule has 5 rings (SSSR count). The number of likely N-dealkylation sites (N-methyl/N-ethyl adjacent to an activating group) is 1. The number of halogens is 2. The number of hydrogen-bond donors (Lipinski definition) is 3. The van der Waals surface area contributed by atoms with Crippen LogP contribution in [0.5, 0.6) is 0 Å². The number of carbonyl (C=O) groups excluding carboxylic acids is 6. The minimum atomic E-state index is -1.14. The van der Waals surface area contributed by atoms with E-state index in [4.69, 9.17) is 22.1 Å². The van der Waals surface area contributed by atoms with Crippen LogP contribution in [0.1, 0.15) is 80.4 Å². The number of thiocarbonyl (C=S) groups is 1. The predicted molar refractivity (Wildman–Crippen MR) is 225 cm³/mol. The minimum absolute atomic E-state index is 0.000000000000000222. The maximum absolute atomic E-state index is 13.2. The van der Waals surface area contributed by atoms with E-state index in [1.165, 1.54) is 55.6 Å². The van der Waals surface area contributed by atoms with E-state index in [0.717, 1.165) is 36.2 Å². The van der Waals surface area contributed by atoms with Crippen molar-refractivity contribution in [1.29, 1.82) is 0 Å². The van der Waals surface area contributed by atoms with Crippen LogP contribution in [0.25, 0.3) is 4.96 Å². The van der Waals surface area contributed by atoms with Gasteiger partial charge < -0.3 is 36.5 Å². The second kappa shape index (κ2) is 23.4. The van der Waals surface area contributed by atoms with Crippen LogP contribution in [0.4, 0.5) is 9.52 Å². The van der Waals surface area contributed by atoms with Crippen molar-refractivity contribution in [3.05, 3.63) is 68.7 Å². The first-order valence-corrected chi connectivity index (χ1v) is 20.2. The number of aromatic nitrogens is 3. The molecule has 0 bridgehead atoms. The number of imidazole rings is 1. The number of alkyl halides is 1. The SMILES string of the molecule is CCOC(=O)C(Cl)C(C)=O.CCOC(=O)c1sc(N)nc1C.Cc1c(C(=O)N2CCC(Cc3ccc(F)cc3)CC2)sc2ncc(C(=O)C(=O)N(C)C)n12.NC(N)=S. The molecule has 2 amide bonds. The van der Waals surface area contributed by atoms with Crippen LogP contribution < -0.4 is 17.2 Å². The van der Waals surface area contributed by atoms with Crippen LogP contribution in [0.2, 0.25) is 0 Å². The molecule has 4 heterocycles. The number of ether oxygens (including phenoxy) is 2. The smallest absolute Gasteiger partial charge is 0.350 e. The lowest BCUT2D eigenvalue weighted by Crippen LogP contribution is -2.38. The number of hydrogen-bond acceptors (Lipinski definition) is 14. The summed E-state index contributed by atoms with van der Waals surface area (Å²) in [6.07, 6.45) is 4.02. The van der Waals surface area contributed by atoms with Gasteiger partial charge in [-0.25, -0.2) is 23.9 Å². The number of thiazole rings is 2. The van der Waals surface area contributed by atoms with Gasteiger partial charge in [0.05, 0.1) is 25.1 Å². The van der Waals surface area contributed by atoms with Crippen LogP contribution in [0.3, 0.4) is 0 Å². The summed E-state index contributed by atoms with van der Waals surface area (Å²) in [5.74, 6) is -2.54. The van der Waals surface area contributed by atoms with Gasteiger partial charge in [0.15, 0.2) is 26.4 Å². The quantitative estimate of drug-likeness (QED) is 0.0502. The number of benzene rings is 1. The summed E-state index contributed by atoms with van der Waals surface area (Å²) in [6.45, 7) is 10.1. The summed E-state index contributed by atoms with van der Waals surface area (Å²) in [7, 11) is 3.04. The van der Waals surface area contributed by atoms with Gasteiger partial charge in [-0.1, -0.05) is 34.8 Å². The molecule has 58 heavy (non-hydrogen) atoms. The summed E-state index contributed by atoms with van der Waals surface area (Å²) < 4.78 is 24.0. The second-order valence-electron chi connectivity index (χ2n) is 12.7. The second-order valence-corrected chi connectivity index (χ2v) is 15.6. The lowest BCUT2D eigenvalue weighted by Gasteiger charge is -2.32. The van der Waals surface area contributed by atoms with Crippen molar-refractivity contribution in [3.8, 4) is 0 Å². The maximum atomic E-state index is 13.2. The molecule has 0 spiro atoms. The number of amides is 2. The number of piperidine rings is 1. The Bertz CT molecular complexity index is 2070. The number of rotatable bonds is 10. The Hall–Kier alpha value is -5.05. The van der Waals surface area contributed by atoms with Gasteiger partial charge in [0.25, 0.3) is 17.6 Å². The molecule has 1 atom stereocenters. The molecule has 0 aliphatic carbocycles. The highest BCUT2D eigenvalue weighted by atomic mass is 35.5. The van der Waals surface area contributed by atoms with Crippen LogP contribution in [-0.4, -0.2) is 110 Å². The van der Waals surface area contributed by atoms with Gasteiger partial charge in [-0.05, 0) is 89.7 Å². The highest BCUT2D eigenvalue weighted by Crippen LogP contribution is 2.29. The topological polar surface area (TPSA) is 236 Å². The summed E-state index contributed by atoms with van der Waals surface area (Å²) in [5, 5.41) is -0.740. The summed E-state index contributed by atoms with van der Waals surface area (Å²) in [5.41, 5.74) is 17.2. The third-order valence-electron chi connectivity index (χ3n) is 8.08. The van der Waals surface area contributed by atoms with E-state index in [1.54, 1.807) is 32.1 Å². The first-order chi connectivity index (χ1) is 27.2.